The van der Waals surface area contributed by atoms with Crippen molar-refractivity contribution in [2.24, 2.45) is 0 Å². The second-order valence-corrected chi connectivity index (χ2v) is 5.75. The van der Waals surface area contributed by atoms with Crippen LogP contribution in [0.1, 0.15) is 23.7 Å². The second kappa shape index (κ2) is 6.12. The number of morpholine rings is 1. The third-order valence-electron chi connectivity index (χ3n) is 4.40. The maximum absolute atomic E-state index is 13.4. The van der Waals surface area contributed by atoms with Gasteiger partial charge in [-0.1, -0.05) is 0 Å². The first-order valence-corrected chi connectivity index (χ1v) is 7.52. The molecule has 0 N–H and O–H groups in total. The van der Waals surface area contributed by atoms with Crippen LogP contribution in [-0.2, 0) is 4.74 Å². The maximum Gasteiger partial charge on any atom is 0.161 e. The van der Waals surface area contributed by atoms with E-state index in [9.17, 15) is 9.18 Å². The van der Waals surface area contributed by atoms with E-state index >= 15 is 0 Å². The highest BCUT2D eigenvalue weighted by molar-refractivity contribution is 5.99. The summed E-state index contributed by atoms with van der Waals surface area (Å²) < 4.78 is 18.8. The van der Waals surface area contributed by atoms with Crippen LogP contribution < -0.4 is 4.90 Å². The molecular weight excluding hydrogens is 271 g/mol. The normalized spacial score (nSPS) is 23.5. The molecule has 5 heteroatoms. The van der Waals surface area contributed by atoms with Gasteiger partial charge in [-0.05, 0) is 31.5 Å². The van der Waals surface area contributed by atoms with Crippen molar-refractivity contribution in [1.29, 1.82) is 0 Å². The van der Waals surface area contributed by atoms with E-state index in [1.165, 1.54) is 19.1 Å². The van der Waals surface area contributed by atoms with Crippen LogP contribution in [0, 0.1) is 5.82 Å². The number of ketones is 1. The van der Waals surface area contributed by atoms with E-state index in [2.05, 4.69) is 9.80 Å². The summed E-state index contributed by atoms with van der Waals surface area (Å²) >= 11 is 0. The number of hydrogen-bond acceptors (Lipinski definition) is 4. The summed E-state index contributed by atoms with van der Waals surface area (Å²) in [7, 11) is 0. The van der Waals surface area contributed by atoms with Crippen molar-refractivity contribution in [3.8, 4) is 0 Å². The number of hydrogen-bond donors (Lipinski definition) is 0. The Morgan fingerprint density at radius 3 is 2.76 bits per heavy atom. The summed E-state index contributed by atoms with van der Waals surface area (Å²) in [5, 5.41) is 0. The number of carbonyl (C=O) groups excluding carboxylic acids is 1. The van der Waals surface area contributed by atoms with Crippen LogP contribution in [0.25, 0.3) is 0 Å². The van der Waals surface area contributed by atoms with Crippen molar-refractivity contribution in [2.75, 3.05) is 44.3 Å². The lowest BCUT2D eigenvalue weighted by molar-refractivity contribution is 0.0209. The Hall–Kier alpha value is -1.46. The topological polar surface area (TPSA) is 32.8 Å². The Morgan fingerprint density at radius 2 is 2.05 bits per heavy atom. The molecule has 21 heavy (non-hydrogen) atoms. The van der Waals surface area contributed by atoms with Crippen LogP contribution in [0.2, 0.25) is 0 Å². The lowest BCUT2D eigenvalue weighted by atomic mass is 10.1. The molecule has 4 nitrogen and oxygen atoms in total. The summed E-state index contributed by atoms with van der Waals surface area (Å²) in [6.07, 6.45) is 1.08. The SMILES string of the molecule is CC(=O)c1cc(F)ccc1N1CCC(N2CCOCC2)C1. The molecule has 1 aromatic rings. The fourth-order valence-electron chi connectivity index (χ4n) is 3.27. The molecule has 0 spiro atoms. The van der Waals surface area contributed by atoms with Gasteiger partial charge in [0.1, 0.15) is 5.82 Å². The number of carbonyl (C=O) groups is 1. The number of ether oxygens (including phenoxy) is 1. The third kappa shape index (κ3) is 3.09. The van der Waals surface area contributed by atoms with Gasteiger partial charge < -0.3 is 9.64 Å². The van der Waals surface area contributed by atoms with Crippen LogP contribution in [0.5, 0.6) is 0 Å². The Kier molecular flexibility index (Phi) is 4.22. The van der Waals surface area contributed by atoms with Crippen molar-refractivity contribution in [3.63, 3.8) is 0 Å². The monoisotopic (exact) mass is 292 g/mol. The van der Waals surface area contributed by atoms with E-state index in [0.29, 0.717) is 11.6 Å². The average Bonchev–Trinajstić information content (AvgIpc) is 2.97. The minimum atomic E-state index is -0.354. The molecule has 3 rings (SSSR count). The first-order valence-electron chi connectivity index (χ1n) is 7.52. The average molecular weight is 292 g/mol. The van der Waals surface area contributed by atoms with Gasteiger partial charge in [-0.25, -0.2) is 4.39 Å². The van der Waals surface area contributed by atoms with Gasteiger partial charge in [-0.2, -0.15) is 0 Å². The highest BCUT2D eigenvalue weighted by Gasteiger charge is 2.30. The summed E-state index contributed by atoms with van der Waals surface area (Å²) in [5.41, 5.74) is 1.34. The summed E-state index contributed by atoms with van der Waals surface area (Å²) in [6, 6.07) is 5.01. The van der Waals surface area contributed by atoms with Gasteiger partial charge in [-0.3, -0.25) is 9.69 Å². The van der Waals surface area contributed by atoms with E-state index in [1.54, 1.807) is 6.07 Å². The van der Waals surface area contributed by atoms with Crippen molar-refractivity contribution < 1.29 is 13.9 Å². The van der Waals surface area contributed by atoms with E-state index in [0.717, 1.165) is 51.5 Å². The number of Topliss-reactive ketones (excluding diaryl/α,β-unsaturated/α-hetero) is 1. The van der Waals surface area contributed by atoms with Crippen molar-refractivity contribution in [2.45, 2.75) is 19.4 Å². The number of benzene rings is 1. The zero-order chi connectivity index (χ0) is 14.8. The standard InChI is InChI=1S/C16H21FN2O2/c1-12(20)15-10-13(17)2-3-16(15)19-5-4-14(11-19)18-6-8-21-9-7-18/h2-3,10,14H,4-9,11H2,1H3. The van der Waals surface area contributed by atoms with Gasteiger partial charge in [0.25, 0.3) is 0 Å². The Bertz CT molecular complexity index is 529. The molecule has 0 bridgehead atoms. The first kappa shape index (κ1) is 14.5. The molecule has 114 valence electrons. The predicted molar refractivity (Wildman–Crippen MR) is 79.4 cm³/mol. The van der Waals surface area contributed by atoms with E-state index in [-0.39, 0.29) is 11.6 Å². The molecule has 2 saturated heterocycles. The highest BCUT2D eigenvalue weighted by Crippen LogP contribution is 2.28. The molecule has 2 heterocycles. The number of halogens is 1. The molecule has 0 aliphatic carbocycles. The zero-order valence-corrected chi connectivity index (χ0v) is 12.3. The van der Waals surface area contributed by atoms with Crippen LogP contribution in [0.3, 0.4) is 0 Å². The van der Waals surface area contributed by atoms with Crippen LogP contribution in [0.15, 0.2) is 18.2 Å². The molecule has 1 aromatic carbocycles. The largest absolute Gasteiger partial charge is 0.379 e. The Balaban J connectivity index is 1.75. The Morgan fingerprint density at radius 1 is 1.29 bits per heavy atom. The van der Waals surface area contributed by atoms with E-state index in [4.69, 9.17) is 4.74 Å². The molecule has 1 unspecified atom stereocenters. The van der Waals surface area contributed by atoms with Crippen molar-refractivity contribution in [1.82, 2.24) is 4.90 Å². The summed E-state index contributed by atoms with van der Waals surface area (Å²) in [5.74, 6) is -0.438. The molecule has 1 atom stereocenters. The lowest BCUT2D eigenvalue weighted by Crippen LogP contribution is -2.44. The Labute approximate surface area is 124 Å². The first-order chi connectivity index (χ1) is 10.1. The van der Waals surface area contributed by atoms with Crippen molar-refractivity contribution >= 4 is 11.5 Å². The predicted octanol–water partition coefficient (Wildman–Crippen LogP) is 1.94. The molecule has 0 amide bonds. The summed E-state index contributed by atoms with van der Waals surface area (Å²) in [4.78, 5) is 16.4. The van der Waals surface area contributed by atoms with Gasteiger partial charge >= 0.3 is 0 Å². The molecule has 2 aliphatic rings. The van der Waals surface area contributed by atoms with Crippen molar-refractivity contribution in [3.05, 3.63) is 29.6 Å². The molecule has 2 fully saturated rings. The van der Waals surface area contributed by atoms with Crippen LogP contribution in [-0.4, -0.2) is 56.1 Å². The quantitative estimate of drug-likeness (QED) is 0.797. The fraction of sp³-hybridized carbons (Fsp3) is 0.562. The minimum absolute atomic E-state index is 0.0840. The van der Waals surface area contributed by atoms with Crippen LogP contribution >= 0.6 is 0 Å². The maximum atomic E-state index is 13.4. The van der Waals surface area contributed by atoms with E-state index < -0.39 is 0 Å². The van der Waals surface area contributed by atoms with Gasteiger partial charge in [0, 0.05) is 43.5 Å². The van der Waals surface area contributed by atoms with Crippen LogP contribution in [0.4, 0.5) is 10.1 Å². The summed E-state index contributed by atoms with van der Waals surface area (Å²) in [6.45, 7) is 6.84. The molecular formula is C16H21FN2O2. The number of nitrogens with zero attached hydrogens (tertiary/aromatic N) is 2. The molecule has 0 radical (unpaired) electrons. The fourth-order valence-corrected chi connectivity index (χ4v) is 3.27. The number of rotatable bonds is 3. The minimum Gasteiger partial charge on any atom is -0.379 e. The lowest BCUT2D eigenvalue weighted by Gasteiger charge is -2.32. The molecule has 0 saturated carbocycles. The highest BCUT2D eigenvalue weighted by atomic mass is 19.1. The second-order valence-electron chi connectivity index (χ2n) is 5.75. The molecule has 2 aliphatic heterocycles. The van der Waals surface area contributed by atoms with Gasteiger partial charge in [0.15, 0.2) is 5.78 Å². The van der Waals surface area contributed by atoms with Gasteiger partial charge in [-0.15, -0.1) is 0 Å². The van der Waals surface area contributed by atoms with Gasteiger partial charge in [0.2, 0.25) is 0 Å². The number of anilines is 1. The molecule has 0 aromatic heterocycles. The smallest absolute Gasteiger partial charge is 0.161 e. The third-order valence-corrected chi connectivity index (χ3v) is 4.40. The van der Waals surface area contributed by atoms with Gasteiger partial charge in [0.05, 0.1) is 13.2 Å². The zero-order valence-electron chi connectivity index (χ0n) is 12.3. The van der Waals surface area contributed by atoms with E-state index in [1.807, 2.05) is 0 Å².